The summed E-state index contributed by atoms with van der Waals surface area (Å²) in [5.41, 5.74) is 5.47. The zero-order chi connectivity index (χ0) is 14.3. The number of hydrogen-bond donors (Lipinski definition) is 2. The molecule has 5 heteroatoms. The molecule has 1 aliphatic rings. The number of piperidine rings is 1. The Kier molecular flexibility index (Phi) is 6.58. The summed E-state index contributed by atoms with van der Waals surface area (Å²) in [6.07, 6.45) is 6.01. The van der Waals surface area contributed by atoms with Crippen LogP contribution in [0.25, 0.3) is 0 Å². The zero-order valence-corrected chi connectivity index (χ0v) is 12.6. The minimum atomic E-state index is -0.217. The van der Waals surface area contributed by atoms with Crippen molar-refractivity contribution < 1.29 is 9.94 Å². The van der Waals surface area contributed by atoms with Crippen LogP contribution in [0.15, 0.2) is 5.16 Å². The maximum absolute atomic E-state index is 8.73. The summed E-state index contributed by atoms with van der Waals surface area (Å²) in [5, 5.41) is 11.8. The normalized spacial score (nSPS) is 22.7. The van der Waals surface area contributed by atoms with Crippen LogP contribution < -0.4 is 5.73 Å². The maximum Gasteiger partial charge on any atom is 0.144 e. The number of nitrogens with zero attached hydrogens (tertiary/aromatic N) is 2. The summed E-state index contributed by atoms with van der Waals surface area (Å²) in [6.45, 7) is 7.39. The highest BCUT2D eigenvalue weighted by Gasteiger charge is 2.23. The van der Waals surface area contributed by atoms with Gasteiger partial charge in [-0.05, 0) is 38.8 Å². The molecule has 1 unspecified atom stereocenters. The Morgan fingerprint density at radius 1 is 1.47 bits per heavy atom. The van der Waals surface area contributed by atoms with E-state index in [-0.39, 0.29) is 5.41 Å². The van der Waals surface area contributed by atoms with Crippen LogP contribution >= 0.6 is 0 Å². The van der Waals surface area contributed by atoms with Crippen molar-refractivity contribution in [2.24, 2.45) is 16.3 Å². The number of rotatable bonds is 7. The quantitative estimate of drug-likeness (QED) is 0.244. The second-order valence-electron chi connectivity index (χ2n) is 6.13. The summed E-state index contributed by atoms with van der Waals surface area (Å²) in [5.74, 6) is 0.324. The summed E-state index contributed by atoms with van der Waals surface area (Å²) < 4.78 is 5.43. The highest BCUT2D eigenvalue weighted by atomic mass is 16.5. The van der Waals surface area contributed by atoms with Gasteiger partial charge in [0.1, 0.15) is 5.84 Å². The molecule has 5 nitrogen and oxygen atoms in total. The Morgan fingerprint density at radius 3 is 2.84 bits per heavy atom. The van der Waals surface area contributed by atoms with Crippen LogP contribution in [0.2, 0.25) is 0 Å². The third kappa shape index (κ3) is 5.37. The Bertz CT molecular complexity index is 292. The molecule has 0 aliphatic carbocycles. The van der Waals surface area contributed by atoms with Crippen molar-refractivity contribution in [2.75, 3.05) is 26.7 Å². The van der Waals surface area contributed by atoms with Crippen molar-refractivity contribution in [2.45, 2.75) is 52.1 Å². The standard InChI is InChI=1S/C14H29N3O2/c1-14(2,13(15)16-18)8-4-5-9-17-10-6-7-12(11-17)19-3/h12,18H,4-11H2,1-3H3,(H2,15,16). The van der Waals surface area contributed by atoms with Crippen molar-refractivity contribution in [1.29, 1.82) is 0 Å². The lowest BCUT2D eigenvalue weighted by Crippen LogP contribution is -2.39. The van der Waals surface area contributed by atoms with Gasteiger partial charge in [0.15, 0.2) is 0 Å². The van der Waals surface area contributed by atoms with Crippen LogP contribution in [-0.2, 0) is 4.74 Å². The molecule has 1 saturated heterocycles. The Labute approximate surface area is 116 Å². The first-order valence-corrected chi connectivity index (χ1v) is 7.22. The molecule has 0 spiro atoms. The van der Waals surface area contributed by atoms with E-state index in [4.69, 9.17) is 15.7 Å². The molecular formula is C14H29N3O2. The van der Waals surface area contributed by atoms with Gasteiger partial charge in [0.2, 0.25) is 0 Å². The molecular weight excluding hydrogens is 242 g/mol. The molecule has 19 heavy (non-hydrogen) atoms. The molecule has 0 radical (unpaired) electrons. The van der Waals surface area contributed by atoms with Crippen LogP contribution in [0.4, 0.5) is 0 Å². The maximum atomic E-state index is 8.73. The molecule has 1 fully saturated rings. The molecule has 1 heterocycles. The predicted molar refractivity (Wildman–Crippen MR) is 77.5 cm³/mol. The average molecular weight is 271 g/mol. The smallest absolute Gasteiger partial charge is 0.144 e. The molecule has 0 aromatic heterocycles. The summed E-state index contributed by atoms with van der Waals surface area (Å²) in [7, 11) is 1.80. The second-order valence-corrected chi connectivity index (χ2v) is 6.13. The summed E-state index contributed by atoms with van der Waals surface area (Å²) >= 11 is 0. The highest BCUT2D eigenvalue weighted by molar-refractivity contribution is 5.85. The fraction of sp³-hybridized carbons (Fsp3) is 0.929. The average Bonchev–Trinajstić information content (AvgIpc) is 2.43. The van der Waals surface area contributed by atoms with Gasteiger partial charge in [-0.2, -0.15) is 0 Å². The lowest BCUT2D eigenvalue weighted by atomic mass is 9.86. The van der Waals surface area contributed by atoms with Crippen molar-refractivity contribution >= 4 is 5.84 Å². The topological polar surface area (TPSA) is 71.1 Å². The van der Waals surface area contributed by atoms with Crippen LogP contribution in [-0.4, -0.2) is 48.8 Å². The van der Waals surface area contributed by atoms with Gasteiger partial charge >= 0.3 is 0 Å². The van der Waals surface area contributed by atoms with Gasteiger partial charge in [-0.1, -0.05) is 25.4 Å². The third-order valence-corrected chi connectivity index (χ3v) is 4.12. The lowest BCUT2D eigenvalue weighted by Gasteiger charge is -2.32. The number of methoxy groups -OCH3 is 1. The van der Waals surface area contributed by atoms with Gasteiger partial charge in [-0.25, -0.2) is 0 Å². The number of hydrogen-bond acceptors (Lipinski definition) is 4. The predicted octanol–water partition coefficient (Wildman–Crippen LogP) is 2.04. The summed E-state index contributed by atoms with van der Waals surface area (Å²) in [6, 6.07) is 0. The first-order chi connectivity index (χ1) is 8.99. The molecule has 112 valence electrons. The Morgan fingerprint density at radius 2 is 2.21 bits per heavy atom. The van der Waals surface area contributed by atoms with E-state index in [1.54, 1.807) is 7.11 Å². The molecule has 0 amide bonds. The largest absolute Gasteiger partial charge is 0.409 e. The number of unbranched alkanes of at least 4 members (excludes halogenated alkanes) is 1. The van der Waals surface area contributed by atoms with E-state index in [2.05, 4.69) is 10.1 Å². The van der Waals surface area contributed by atoms with Crippen LogP contribution in [0.5, 0.6) is 0 Å². The first kappa shape index (κ1) is 16.2. The molecule has 1 rings (SSSR count). The molecule has 1 atom stereocenters. The van der Waals surface area contributed by atoms with Gasteiger partial charge < -0.3 is 20.6 Å². The fourth-order valence-electron chi connectivity index (χ4n) is 2.57. The fourth-order valence-corrected chi connectivity index (χ4v) is 2.57. The molecule has 0 aromatic carbocycles. The lowest BCUT2D eigenvalue weighted by molar-refractivity contribution is 0.0307. The van der Waals surface area contributed by atoms with E-state index in [9.17, 15) is 0 Å². The highest BCUT2D eigenvalue weighted by Crippen LogP contribution is 2.23. The Balaban J connectivity index is 2.20. The van der Waals surface area contributed by atoms with E-state index in [0.717, 1.165) is 32.4 Å². The summed E-state index contributed by atoms with van der Waals surface area (Å²) in [4.78, 5) is 2.48. The number of nitrogens with two attached hydrogens (primary N) is 1. The third-order valence-electron chi connectivity index (χ3n) is 4.12. The van der Waals surface area contributed by atoms with Gasteiger partial charge in [0, 0.05) is 19.1 Å². The molecule has 0 bridgehead atoms. The molecule has 0 aromatic rings. The van der Waals surface area contributed by atoms with Crippen molar-refractivity contribution in [3.8, 4) is 0 Å². The van der Waals surface area contributed by atoms with E-state index in [1.807, 2.05) is 13.8 Å². The number of oxime groups is 1. The van der Waals surface area contributed by atoms with E-state index < -0.39 is 0 Å². The number of ether oxygens (including phenoxy) is 1. The van der Waals surface area contributed by atoms with E-state index in [1.165, 1.54) is 19.4 Å². The van der Waals surface area contributed by atoms with Gasteiger partial charge in [-0.3, -0.25) is 0 Å². The van der Waals surface area contributed by atoms with E-state index in [0.29, 0.717) is 11.9 Å². The number of likely N-dealkylation sites (tertiary alicyclic amines) is 1. The van der Waals surface area contributed by atoms with Crippen molar-refractivity contribution in [3.05, 3.63) is 0 Å². The first-order valence-electron chi connectivity index (χ1n) is 7.22. The van der Waals surface area contributed by atoms with Gasteiger partial charge in [-0.15, -0.1) is 0 Å². The molecule has 1 aliphatic heterocycles. The van der Waals surface area contributed by atoms with Gasteiger partial charge in [0.25, 0.3) is 0 Å². The van der Waals surface area contributed by atoms with Gasteiger partial charge in [0.05, 0.1) is 6.10 Å². The Hall–Kier alpha value is -0.810. The van der Waals surface area contributed by atoms with Crippen molar-refractivity contribution in [3.63, 3.8) is 0 Å². The van der Waals surface area contributed by atoms with Crippen LogP contribution in [0.1, 0.15) is 46.0 Å². The SMILES string of the molecule is COC1CCCN(CCCCC(C)(C)C(N)=NO)C1. The number of amidine groups is 1. The minimum absolute atomic E-state index is 0.217. The second kappa shape index (κ2) is 7.70. The van der Waals surface area contributed by atoms with Crippen LogP contribution in [0.3, 0.4) is 0 Å². The molecule has 3 N–H and O–H groups in total. The minimum Gasteiger partial charge on any atom is -0.409 e. The zero-order valence-electron chi connectivity index (χ0n) is 12.6. The van der Waals surface area contributed by atoms with Crippen LogP contribution in [0, 0.1) is 5.41 Å². The van der Waals surface area contributed by atoms with E-state index >= 15 is 0 Å². The monoisotopic (exact) mass is 271 g/mol. The molecule has 0 saturated carbocycles. The van der Waals surface area contributed by atoms with Crippen molar-refractivity contribution in [1.82, 2.24) is 4.90 Å².